The average Bonchev–Trinajstić information content (AvgIpc) is 3.07. The van der Waals surface area contributed by atoms with E-state index in [0.717, 1.165) is 37.6 Å². The molecule has 3 heteroatoms. The molecule has 0 aromatic heterocycles. The Hall–Kier alpha value is -1.35. The Morgan fingerprint density at radius 1 is 1.14 bits per heavy atom. The third-order valence-electron chi connectivity index (χ3n) is 7.68. The quantitative estimate of drug-likeness (QED) is 0.688. The number of piperidine rings is 1. The van der Waals surface area contributed by atoms with E-state index in [1.54, 1.807) is 0 Å². The van der Waals surface area contributed by atoms with Crippen molar-refractivity contribution in [2.45, 2.75) is 90.5 Å². The first-order valence-corrected chi connectivity index (χ1v) is 12.3. The maximum atomic E-state index is 13.4. The van der Waals surface area contributed by atoms with Crippen molar-refractivity contribution in [2.75, 3.05) is 18.0 Å². The number of rotatable bonds is 6. The highest BCUT2D eigenvalue weighted by atomic mass is 16.2. The Kier molecular flexibility index (Phi) is 6.95. The number of anilines is 1. The van der Waals surface area contributed by atoms with Crippen molar-refractivity contribution in [1.82, 2.24) is 5.32 Å². The molecule has 1 aromatic carbocycles. The van der Waals surface area contributed by atoms with Crippen LogP contribution in [0.25, 0.3) is 0 Å². The van der Waals surface area contributed by atoms with Gasteiger partial charge in [0.05, 0.1) is 0 Å². The number of fused-ring (bicyclic) bond motifs is 1. The lowest BCUT2D eigenvalue weighted by Crippen LogP contribution is -2.41. The van der Waals surface area contributed by atoms with Crippen LogP contribution in [0.5, 0.6) is 0 Å². The van der Waals surface area contributed by atoms with Crippen LogP contribution in [0.1, 0.15) is 82.8 Å². The fourth-order valence-electron chi connectivity index (χ4n) is 5.97. The molecule has 1 aliphatic carbocycles. The smallest absolute Gasteiger partial charge is 0.230 e. The largest absolute Gasteiger partial charge is 0.316 e. The predicted molar refractivity (Wildman–Crippen MR) is 121 cm³/mol. The summed E-state index contributed by atoms with van der Waals surface area (Å²) in [4.78, 5) is 15.6. The molecule has 1 N–H and O–H groups in total. The van der Waals surface area contributed by atoms with Crippen LogP contribution in [0.15, 0.2) is 18.2 Å². The number of amides is 1. The molecule has 0 spiro atoms. The fraction of sp³-hybridized carbons (Fsp3) is 0.731. The molecule has 3 aliphatic rings. The molecule has 1 saturated carbocycles. The zero-order valence-corrected chi connectivity index (χ0v) is 18.6. The number of nitrogens with one attached hydrogen (secondary N) is 1. The van der Waals surface area contributed by atoms with Crippen molar-refractivity contribution in [2.24, 2.45) is 17.8 Å². The molecule has 1 amide bonds. The fourth-order valence-corrected chi connectivity index (χ4v) is 5.97. The average molecular weight is 397 g/mol. The van der Waals surface area contributed by atoms with Crippen molar-refractivity contribution >= 4 is 11.6 Å². The summed E-state index contributed by atoms with van der Waals surface area (Å²) in [7, 11) is 0. The van der Waals surface area contributed by atoms with E-state index < -0.39 is 0 Å². The molecule has 1 saturated heterocycles. The summed E-state index contributed by atoms with van der Waals surface area (Å²) in [5, 5.41) is 3.53. The zero-order chi connectivity index (χ0) is 20.2. The van der Waals surface area contributed by atoms with Crippen LogP contribution in [-0.4, -0.2) is 25.0 Å². The molecular formula is C26H40N2O. The van der Waals surface area contributed by atoms with Crippen LogP contribution >= 0.6 is 0 Å². The second-order valence-corrected chi connectivity index (χ2v) is 10.0. The summed E-state index contributed by atoms with van der Waals surface area (Å²) in [6, 6.07) is 7.24. The minimum Gasteiger partial charge on any atom is -0.316 e. The van der Waals surface area contributed by atoms with E-state index in [2.05, 4.69) is 42.3 Å². The normalized spacial score (nSPS) is 29.7. The van der Waals surface area contributed by atoms with Crippen molar-refractivity contribution in [3.63, 3.8) is 0 Å². The van der Waals surface area contributed by atoms with Gasteiger partial charge in [0.1, 0.15) is 0 Å². The van der Waals surface area contributed by atoms with E-state index in [1.807, 2.05) is 0 Å². The van der Waals surface area contributed by atoms with E-state index in [1.165, 1.54) is 74.7 Å². The van der Waals surface area contributed by atoms with E-state index in [4.69, 9.17) is 0 Å². The predicted octanol–water partition coefficient (Wildman–Crippen LogP) is 5.50. The molecule has 0 bridgehead atoms. The van der Waals surface area contributed by atoms with Crippen LogP contribution in [0, 0.1) is 17.8 Å². The Morgan fingerprint density at radius 3 is 2.69 bits per heavy atom. The van der Waals surface area contributed by atoms with Gasteiger partial charge in [-0.25, -0.2) is 0 Å². The third-order valence-corrected chi connectivity index (χ3v) is 7.68. The topological polar surface area (TPSA) is 32.3 Å². The maximum absolute atomic E-state index is 13.4. The standard InChI is InChI=1S/C26H40N2O/c1-3-4-6-20-8-11-23(12-9-20)26(29)28-19(2)15-24-17-21(10-13-25(24)28)16-22-7-5-14-27-18-22/h10,13,17,19-20,22-23,27H,3-9,11-12,14-16,18H2,1-2H3. The summed E-state index contributed by atoms with van der Waals surface area (Å²) in [5.74, 6) is 2.27. The Morgan fingerprint density at radius 2 is 1.97 bits per heavy atom. The lowest BCUT2D eigenvalue weighted by Gasteiger charge is -2.32. The number of nitrogens with zero attached hydrogens (tertiary/aromatic N) is 1. The van der Waals surface area contributed by atoms with Crippen molar-refractivity contribution in [3.05, 3.63) is 29.3 Å². The van der Waals surface area contributed by atoms with E-state index >= 15 is 0 Å². The van der Waals surface area contributed by atoms with Crippen LogP contribution in [-0.2, 0) is 17.6 Å². The van der Waals surface area contributed by atoms with Crippen molar-refractivity contribution in [1.29, 1.82) is 0 Å². The van der Waals surface area contributed by atoms with Crippen molar-refractivity contribution in [3.8, 4) is 0 Å². The summed E-state index contributed by atoms with van der Waals surface area (Å²) in [5.41, 5.74) is 4.04. The Bertz CT molecular complexity index is 686. The lowest BCUT2D eigenvalue weighted by atomic mass is 9.79. The molecule has 160 valence electrons. The van der Waals surface area contributed by atoms with Gasteiger partial charge in [0.15, 0.2) is 0 Å². The van der Waals surface area contributed by atoms with Crippen LogP contribution in [0.2, 0.25) is 0 Å². The summed E-state index contributed by atoms with van der Waals surface area (Å²) in [6.07, 6.45) is 13.5. The summed E-state index contributed by atoms with van der Waals surface area (Å²) >= 11 is 0. The highest BCUT2D eigenvalue weighted by Gasteiger charge is 2.36. The van der Waals surface area contributed by atoms with E-state index in [9.17, 15) is 4.79 Å². The van der Waals surface area contributed by atoms with Crippen LogP contribution in [0.3, 0.4) is 0 Å². The van der Waals surface area contributed by atoms with E-state index in [-0.39, 0.29) is 5.92 Å². The second-order valence-electron chi connectivity index (χ2n) is 10.0. The lowest BCUT2D eigenvalue weighted by molar-refractivity contribution is -0.123. The summed E-state index contributed by atoms with van der Waals surface area (Å²) in [6.45, 7) is 6.84. The molecule has 0 radical (unpaired) electrons. The van der Waals surface area contributed by atoms with Gasteiger partial charge in [0.2, 0.25) is 5.91 Å². The van der Waals surface area contributed by atoms with Gasteiger partial charge < -0.3 is 10.2 Å². The molecule has 2 aliphatic heterocycles. The van der Waals surface area contributed by atoms with Gasteiger partial charge in [-0.3, -0.25) is 4.79 Å². The Labute approximate surface area is 177 Å². The van der Waals surface area contributed by atoms with Crippen LogP contribution in [0.4, 0.5) is 5.69 Å². The summed E-state index contributed by atoms with van der Waals surface area (Å²) < 4.78 is 0. The number of hydrogen-bond acceptors (Lipinski definition) is 2. The molecule has 29 heavy (non-hydrogen) atoms. The highest BCUT2D eigenvalue weighted by molar-refractivity contribution is 5.97. The zero-order valence-electron chi connectivity index (χ0n) is 18.6. The number of carbonyl (C=O) groups is 1. The van der Waals surface area contributed by atoms with Gasteiger partial charge >= 0.3 is 0 Å². The number of benzene rings is 1. The molecule has 2 atom stereocenters. The minimum atomic E-state index is 0.245. The first-order chi connectivity index (χ1) is 14.2. The highest BCUT2D eigenvalue weighted by Crippen LogP contribution is 2.38. The van der Waals surface area contributed by atoms with Gasteiger partial charge in [-0.15, -0.1) is 0 Å². The molecule has 2 heterocycles. The van der Waals surface area contributed by atoms with Gasteiger partial charge in [0.25, 0.3) is 0 Å². The minimum absolute atomic E-state index is 0.245. The molecule has 4 rings (SSSR count). The van der Waals surface area contributed by atoms with Gasteiger partial charge in [-0.1, -0.05) is 38.3 Å². The third kappa shape index (κ3) is 4.87. The molecule has 2 unspecified atom stereocenters. The maximum Gasteiger partial charge on any atom is 0.230 e. The SMILES string of the molecule is CCCCC1CCC(C(=O)N2c3ccc(CC4CCCNC4)cc3CC2C)CC1. The van der Waals surface area contributed by atoms with Gasteiger partial charge in [-0.2, -0.15) is 0 Å². The number of carbonyl (C=O) groups excluding carboxylic acids is 1. The number of unbranched alkanes of at least 4 members (excludes halogenated alkanes) is 1. The van der Waals surface area contributed by atoms with Gasteiger partial charge in [0, 0.05) is 17.6 Å². The Balaban J connectivity index is 1.39. The van der Waals surface area contributed by atoms with E-state index in [0.29, 0.717) is 11.9 Å². The monoisotopic (exact) mass is 396 g/mol. The molecule has 2 fully saturated rings. The van der Waals surface area contributed by atoms with Crippen molar-refractivity contribution < 1.29 is 4.79 Å². The second kappa shape index (κ2) is 9.64. The molecular weight excluding hydrogens is 356 g/mol. The van der Waals surface area contributed by atoms with Crippen LogP contribution < -0.4 is 10.2 Å². The first kappa shape index (κ1) is 20.9. The molecule has 1 aromatic rings. The van der Waals surface area contributed by atoms with Gasteiger partial charge in [-0.05, 0) is 100 Å². The first-order valence-electron chi connectivity index (χ1n) is 12.3. The molecule has 3 nitrogen and oxygen atoms in total. The number of hydrogen-bond donors (Lipinski definition) is 1.